The van der Waals surface area contributed by atoms with Gasteiger partial charge in [-0.05, 0) is 52.7 Å². The van der Waals surface area contributed by atoms with Crippen molar-refractivity contribution in [2.75, 3.05) is 7.11 Å². The largest absolute Gasteiger partial charge is 0.340 e. The van der Waals surface area contributed by atoms with Crippen LogP contribution in [0.25, 0.3) is 22.8 Å². The Labute approximate surface area is 187 Å². The third-order valence-corrected chi connectivity index (χ3v) is 4.49. The second kappa shape index (κ2) is 11.0. The van der Waals surface area contributed by atoms with Crippen molar-refractivity contribution in [3.8, 4) is 17.1 Å². The van der Waals surface area contributed by atoms with Gasteiger partial charge in [-0.1, -0.05) is 73.3 Å². The van der Waals surface area contributed by atoms with Gasteiger partial charge in [0.2, 0.25) is 0 Å². The number of nitrogens with zero attached hydrogens (tertiary/aromatic N) is 4. The van der Waals surface area contributed by atoms with E-state index in [2.05, 4.69) is 41.8 Å². The first-order chi connectivity index (χ1) is 15.2. The molecule has 0 amide bonds. The fourth-order valence-corrected chi connectivity index (χ4v) is 3.11. The molecule has 4 rings (SSSR count). The molecule has 0 radical (unpaired) electrons. The third-order valence-electron chi connectivity index (χ3n) is 4.49. The van der Waals surface area contributed by atoms with E-state index in [-0.39, 0.29) is 0 Å². The van der Waals surface area contributed by atoms with E-state index in [4.69, 9.17) is 10.2 Å². The van der Waals surface area contributed by atoms with Gasteiger partial charge in [0.05, 0.1) is 29.6 Å². The highest BCUT2D eigenvalue weighted by Crippen LogP contribution is 2.19. The normalized spacial score (nSPS) is 10.9. The number of aromatic nitrogens is 4. The first-order valence-corrected chi connectivity index (χ1v) is 10.0. The van der Waals surface area contributed by atoms with E-state index in [1.165, 1.54) is 7.11 Å². The molecule has 0 spiro atoms. The first-order valence-electron chi connectivity index (χ1n) is 9.74. The van der Waals surface area contributed by atoms with Gasteiger partial charge in [-0.2, -0.15) is 0 Å². The van der Waals surface area contributed by atoms with Gasteiger partial charge >= 0.3 is 5.82 Å². The Bertz CT molecular complexity index is 1150. The van der Waals surface area contributed by atoms with Gasteiger partial charge in [0.25, 0.3) is 0 Å². The molecule has 0 atom stereocenters. The van der Waals surface area contributed by atoms with Crippen molar-refractivity contribution >= 4 is 17.6 Å². The number of benzene rings is 3. The van der Waals surface area contributed by atoms with Gasteiger partial charge < -0.3 is 0 Å². The molecule has 0 fully saturated rings. The van der Waals surface area contributed by atoms with Crippen LogP contribution in [0.3, 0.4) is 0 Å². The summed E-state index contributed by atoms with van der Waals surface area (Å²) in [6, 6.07) is 28.3. The predicted molar refractivity (Wildman–Crippen MR) is 125 cm³/mol. The highest BCUT2D eigenvalue weighted by atomic mass is 35.5. The molecule has 0 unspecified atom stereocenters. The fourth-order valence-electron chi connectivity index (χ4n) is 3.11. The molecule has 156 valence electrons. The van der Waals surface area contributed by atoms with Crippen LogP contribution in [0.4, 0.5) is 0 Å². The average Bonchev–Trinajstić information content (AvgIpc) is 3.25. The van der Waals surface area contributed by atoms with Crippen molar-refractivity contribution in [3.05, 3.63) is 115 Å². The Morgan fingerprint density at radius 1 is 0.968 bits per heavy atom. The van der Waals surface area contributed by atoms with Crippen LogP contribution in [0.15, 0.2) is 104 Å². The van der Waals surface area contributed by atoms with Crippen LogP contribution in [0.5, 0.6) is 0 Å². The summed E-state index contributed by atoms with van der Waals surface area (Å²) in [7, 11) is 1.39. The van der Waals surface area contributed by atoms with Crippen LogP contribution in [0, 0.1) is 6.92 Å². The van der Waals surface area contributed by atoms with E-state index in [1.54, 1.807) is 6.08 Å². The van der Waals surface area contributed by atoms with Crippen LogP contribution in [-0.4, -0.2) is 22.1 Å². The van der Waals surface area contributed by atoms with Crippen molar-refractivity contribution in [2.24, 2.45) is 0 Å². The smallest absolute Gasteiger partial charge is 0.283 e. The molecule has 0 N–H and O–H groups in total. The molecule has 0 saturated heterocycles. The summed E-state index contributed by atoms with van der Waals surface area (Å²) in [5.41, 5.74) is 5.05. The maximum atomic E-state index is 4.85. The number of tetrazole rings is 1. The summed E-state index contributed by atoms with van der Waals surface area (Å²) in [4.78, 5) is 3.66. The minimum Gasteiger partial charge on any atom is -0.283 e. The van der Waals surface area contributed by atoms with Crippen LogP contribution >= 0.6 is 11.9 Å². The lowest BCUT2D eigenvalue weighted by Gasteiger charge is -2.07. The molecule has 0 saturated carbocycles. The summed E-state index contributed by atoms with van der Waals surface area (Å²) >= 11 is 4.50. The van der Waals surface area contributed by atoms with Crippen LogP contribution in [-0.2, 0) is 4.29 Å². The molecule has 5 nitrogen and oxygen atoms in total. The zero-order valence-corrected chi connectivity index (χ0v) is 18.3. The maximum absolute atomic E-state index is 4.85. The summed E-state index contributed by atoms with van der Waals surface area (Å²) in [5.74, 6) is 0.660. The van der Waals surface area contributed by atoms with Crippen molar-refractivity contribution in [3.63, 3.8) is 0 Å². The van der Waals surface area contributed by atoms with Crippen LogP contribution < -0.4 is 4.80 Å². The number of hydrogen-bond donors (Lipinski definition) is 0. The molecule has 6 heteroatoms. The average molecular weight is 432 g/mol. The van der Waals surface area contributed by atoms with Crippen molar-refractivity contribution in [2.45, 2.75) is 6.92 Å². The van der Waals surface area contributed by atoms with Gasteiger partial charge in [0.1, 0.15) is 5.69 Å². The number of allylic oxidation sites excluding steroid dienone is 2. The van der Waals surface area contributed by atoms with Gasteiger partial charge in [0.15, 0.2) is 5.70 Å². The summed E-state index contributed by atoms with van der Waals surface area (Å²) in [6.07, 6.45) is 3.74. The fraction of sp³-hybridized carbons (Fsp3) is 0.0800. The van der Waals surface area contributed by atoms with E-state index >= 15 is 0 Å². The summed E-state index contributed by atoms with van der Waals surface area (Å²) < 4.78 is 3.72. The van der Waals surface area contributed by atoms with Gasteiger partial charge in [0, 0.05) is 10.4 Å². The number of hydrogen-bond acceptors (Lipinski definition) is 3. The Hall–Kier alpha value is -3.54. The van der Waals surface area contributed by atoms with Crippen molar-refractivity contribution < 1.29 is 9.09 Å². The van der Waals surface area contributed by atoms with Crippen LogP contribution in [0.1, 0.15) is 11.1 Å². The van der Waals surface area contributed by atoms with Crippen molar-refractivity contribution in [1.29, 1.82) is 0 Å². The lowest BCUT2D eigenvalue weighted by molar-refractivity contribution is -0.720. The van der Waals surface area contributed by atoms with E-state index in [1.807, 2.05) is 88.5 Å². The molecule has 0 aliphatic rings. The lowest BCUT2D eigenvalue weighted by atomic mass is 10.1. The number of halogens is 1. The van der Waals surface area contributed by atoms with Gasteiger partial charge in [-0.15, -0.1) is 0 Å². The zero-order valence-electron chi connectivity index (χ0n) is 17.5. The molecule has 0 aliphatic carbocycles. The lowest BCUT2D eigenvalue weighted by Crippen LogP contribution is -2.45. The molecule has 4 aromatic rings. The number of para-hydroxylation sites is 1. The van der Waals surface area contributed by atoms with Crippen LogP contribution in [0.2, 0.25) is 0 Å². The minimum atomic E-state index is 0.660. The monoisotopic (exact) mass is 431 g/mol. The summed E-state index contributed by atoms with van der Waals surface area (Å²) in [5, 5.41) is 9.65. The standard InChI is InChI=1S/C24H21N4.CH3ClO/c1-3-12-23(22-18-11-10-13-19(22)2)28-26-24(20-14-6-4-7-15-20)25-27(28)21-16-8-5-9-17-21;1-3-2/h3-18H,1H2,2H3;1H3/q+1;/b23-12+;. The summed E-state index contributed by atoms with van der Waals surface area (Å²) in [6.45, 7) is 5.99. The Morgan fingerprint density at radius 2 is 1.55 bits per heavy atom. The molecule has 0 aliphatic heterocycles. The Kier molecular flexibility index (Phi) is 7.87. The SMILES string of the molecule is C=C/C=C(\c1ccccc1C)[n+]1nc(-c2ccccc2)nn1-c1ccccc1.COCl. The number of aryl methyl sites for hydroxylation is 1. The minimum absolute atomic E-state index is 0.660. The molecule has 3 aromatic carbocycles. The Morgan fingerprint density at radius 3 is 2.16 bits per heavy atom. The second-order valence-corrected chi connectivity index (χ2v) is 6.87. The highest BCUT2D eigenvalue weighted by molar-refractivity contribution is 6.07. The Balaban J connectivity index is 0.000000858. The molecule has 0 bridgehead atoms. The maximum Gasteiger partial charge on any atom is 0.340 e. The van der Waals surface area contributed by atoms with E-state index < -0.39 is 0 Å². The molecular formula is C25H24ClN4O+. The van der Waals surface area contributed by atoms with Gasteiger partial charge in [-0.3, -0.25) is 4.29 Å². The predicted octanol–water partition coefficient (Wildman–Crippen LogP) is 5.39. The highest BCUT2D eigenvalue weighted by Gasteiger charge is 2.26. The van der Waals surface area contributed by atoms with E-state index in [0.29, 0.717) is 5.82 Å². The van der Waals surface area contributed by atoms with E-state index in [9.17, 15) is 0 Å². The third kappa shape index (κ3) is 5.34. The molecule has 31 heavy (non-hydrogen) atoms. The number of rotatable bonds is 5. The zero-order chi connectivity index (χ0) is 22.1. The molecular weight excluding hydrogens is 408 g/mol. The second-order valence-electron chi connectivity index (χ2n) is 6.56. The topological polar surface area (TPSA) is 43.8 Å². The quantitative estimate of drug-likeness (QED) is 0.314. The molecule has 1 aromatic heterocycles. The van der Waals surface area contributed by atoms with Gasteiger partial charge in [-0.25, -0.2) is 0 Å². The first kappa shape index (κ1) is 22.2. The molecule has 1 heterocycles. The van der Waals surface area contributed by atoms with Crippen molar-refractivity contribution in [1.82, 2.24) is 15.0 Å². The van der Waals surface area contributed by atoms with E-state index in [0.717, 1.165) is 28.1 Å².